The molecule has 0 amide bonds. The van der Waals surface area contributed by atoms with Crippen LogP contribution in [0.1, 0.15) is 39.0 Å². The van der Waals surface area contributed by atoms with Gasteiger partial charge in [-0.2, -0.15) is 0 Å². The Morgan fingerprint density at radius 2 is 2.07 bits per heavy atom. The second-order valence-corrected chi connectivity index (χ2v) is 6.90. The van der Waals surface area contributed by atoms with Crippen LogP contribution < -0.4 is 5.32 Å². The molecule has 1 aliphatic heterocycles. The maximum Gasteiger partial charge on any atom is 0.0350 e. The van der Waals surface area contributed by atoms with Gasteiger partial charge in [0.15, 0.2) is 0 Å². The monoisotopic (exact) mass is 229 g/mol. The average molecular weight is 229 g/mol. The van der Waals surface area contributed by atoms with E-state index in [1.54, 1.807) is 0 Å². The van der Waals surface area contributed by atoms with Gasteiger partial charge in [0.05, 0.1) is 0 Å². The summed E-state index contributed by atoms with van der Waals surface area (Å²) in [5, 5.41) is 3.77. The molecule has 15 heavy (non-hydrogen) atoms. The number of hydrogen-bond donors (Lipinski definition) is 1. The average Bonchev–Trinajstić information content (AvgIpc) is 2.23. The van der Waals surface area contributed by atoms with Crippen molar-refractivity contribution in [3.05, 3.63) is 0 Å². The fourth-order valence-corrected chi connectivity index (χ4v) is 4.57. The Labute approximate surface area is 95.7 Å². The van der Waals surface area contributed by atoms with Gasteiger partial charge < -0.3 is 5.32 Å². The Bertz CT molecular complexity index is 228. The molecule has 3 unspecified atom stereocenters. The number of nitrogens with one attached hydrogen (secondary N) is 1. The van der Waals surface area contributed by atoms with Crippen molar-refractivity contribution in [3.8, 4) is 0 Å². The van der Waals surface area contributed by atoms with Gasteiger partial charge in [-0.15, -0.1) is 0 Å². The zero-order valence-corrected chi connectivity index (χ0v) is 10.5. The molecule has 2 aliphatic rings. The molecule has 1 heterocycles. The van der Waals surface area contributed by atoms with Crippen molar-refractivity contribution < 1.29 is 4.21 Å². The molecule has 1 saturated heterocycles. The molecule has 2 nitrogen and oxygen atoms in total. The van der Waals surface area contributed by atoms with E-state index in [2.05, 4.69) is 12.2 Å². The summed E-state index contributed by atoms with van der Waals surface area (Å²) >= 11 is 0. The summed E-state index contributed by atoms with van der Waals surface area (Å²) in [6.45, 7) is 4.46. The van der Waals surface area contributed by atoms with Gasteiger partial charge in [-0.05, 0) is 24.7 Å². The topological polar surface area (TPSA) is 29.1 Å². The normalized spacial score (nSPS) is 34.7. The predicted molar refractivity (Wildman–Crippen MR) is 65.4 cm³/mol. The Kier molecular flexibility index (Phi) is 4.21. The van der Waals surface area contributed by atoms with Gasteiger partial charge in [-0.3, -0.25) is 4.21 Å². The quantitative estimate of drug-likeness (QED) is 0.798. The van der Waals surface area contributed by atoms with Gasteiger partial charge in [0.1, 0.15) is 0 Å². The first-order chi connectivity index (χ1) is 7.29. The van der Waals surface area contributed by atoms with Crippen LogP contribution in [0.2, 0.25) is 0 Å². The number of hydrogen-bond acceptors (Lipinski definition) is 2. The highest BCUT2D eigenvalue weighted by atomic mass is 32.2. The highest BCUT2D eigenvalue weighted by Gasteiger charge is 2.28. The third-order valence-electron chi connectivity index (χ3n) is 3.95. The third kappa shape index (κ3) is 3.04. The van der Waals surface area contributed by atoms with Gasteiger partial charge in [0, 0.05) is 34.9 Å². The van der Waals surface area contributed by atoms with E-state index >= 15 is 0 Å². The molecular weight excluding hydrogens is 206 g/mol. The molecule has 0 spiro atoms. The van der Waals surface area contributed by atoms with E-state index in [0.717, 1.165) is 24.8 Å². The molecule has 0 aromatic heterocycles. The molecular formula is C12H23NOS. The summed E-state index contributed by atoms with van der Waals surface area (Å²) in [5.74, 6) is 2.51. The second-order valence-electron chi connectivity index (χ2n) is 5.13. The maximum absolute atomic E-state index is 12.1. The van der Waals surface area contributed by atoms with Crippen LogP contribution in [0.3, 0.4) is 0 Å². The van der Waals surface area contributed by atoms with Gasteiger partial charge in [0.25, 0.3) is 0 Å². The van der Waals surface area contributed by atoms with Crippen molar-refractivity contribution in [1.29, 1.82) is 0 Å². The summed E-state index contributed by atoms with van der Waals surface area (Å²) in [5.41, 5.74) is 0. The van der Waals surface area contributed by atoms with Gasteiger partial charge in [-0.1, -0.05) is 26.2 Å². The number of rotatable bonds is 4. The van der Waals surface area contributed by atoms with Crippen LogP contribution >= 0.6 is 0 Å². The van der Waals surface area contributed by atoms with Gasteiger partial charge in [0.2, 0.25) is 0 Å². The first-order valence-corrected chi connectivity index (χ1v) is 7.75. The fraction of sp³-hybridized carbons (Fsp3) is 1.00. The van der Waals surface area contributed by atoms with E-state index in [-0.39, 0.29) is 0 Å². The maximum atomic E-state index is 12.1. The molecule has 2 rings (SSSR count). The van der Waals surface area contributed by atoms with E-state index in [1.165, 1.54) is 32.1 Å². The predicted octanol–water partition coefficient (Wildman–Crippen LogP) is 1.92. The lowest BCUT2D eigenvalue weighted by Crippen LogP contribution is -2.46. The minimum atomic E-state index is -0.547. The molecule has 0 aromatic carbocycles. The van der Waals surface area contributed by atoms with Crippen molar-refractivity contribution in [1.82, 2.24) is 5.32 Å². The van der Waals surface area contributed by atoms with Crippen molar-refractivity contribution in [3.63, 3.8) is 0 Å². The lowest BCUT2D eigenvalue weighted by atomic mass is 9.87. The Balaban J connectivity index is 1.78. The Morgan fingerprint density at radius 3 is 2.67 bits per heavy atom. The molecule has 2 fully saturated rings. The molecule has 0 radical (unpaired) electrons. The lowest BCUT2D eigenvalue weighted by Gasteiger charge is -2.31. The molecule has 88 valence electrons. The van der Waals surface area contributed by atoms with Crippen molar-refractivity contribution >= 4 is 10.8 Å². The molecule has 3 heteroatoms. The summed E-state index contributed by atoms with van der Waals surface area (Å²) < 4.78 is 12.1. The minimum absolute atomic E-state index is 0.518. The van der Waals surface area contributed by atoms with E-state index in [9.17, 15) is 4.21 Å². The highest BCUT2D eigenvalue weighted by Crippen LogP contribution is 2.30. The fourth-order valence-electron chi connectivity index (χ4n) is 2.69. The summed E-state index contributed by atoms with van der Waals surface area (Å²) in [7, 11) is -0.547. The lowest BCUT2D eigenvalue weighted by molar-refractivity contribution is 0.349. The zero-order valence-electron chi connectivity index (χ0n) is 9.71. The van der Waals surface area contributed by atoms with Crippen LogP contribution in [0, 0.1) is 11.8 Å². The molecule has 0 bridgehead atoms. The largest absolute Gasteiger partial charge is 0.316 e. The van der Waals surface area contributed by atoms with Crippen LogP contribution in [-0.2, 0) is 10.8 Å². The van der Waals surface area contributed by atoms with Crippen LogP contribution in [0.15, 0.2) is 0 Å². The van der Waals surface area contributed by atoms with E-state index in [0.29, 0.717) is 11.2 Å². The van der Waals surface area contributed by atoms with Crippen molar-refractivity contribution in [2.24, 2.45) is 11.8 Å². The van der Waals surface area contributed by atoms with Crippen LogP contribution in [0.25, 0.3) is 0 Å². The van der Waals surface area contributed by atoms with E-state index in [4.69, 9.17) is 0 Å². The van der Waals surface area contributed by atoms with Crippen molar-refractivity contribution in [2.45, 2.75) is 44.3 Å². The molecule has 0 aromatic rings. The SMILES string of the molecule is CCC1CCCC(S(=O)CC2CNC2)C1. The summed E-state index contributed by atoms with van der Waals surface area (Å²) in [6.07, 6.45) is 6.39. The van der Waals surface area contributed by atoms with Crippen LogP contribution in [-0.4, -0.2) is 28.3 Å². The summed E-state index contributed by atoms with van der Waals surface area (Å²) in [6, 6.07) is 0. The highest BCUT2D eigenvalue weighted by molar-refractivity contribution is 7.85. The summed E-state index contributed by atoms with van der Waals surface area (Å²) in [4.78, 5) is 0. The van der Waals surface area contributed by atoms with E-state index in [1.807, 2.05) is 0 Å². The molecule has 1 N–H and O–H groups in total. The van der Waals surface area contributed by atoms with E-state index < -0.39 is 10.8 Å². The molecule has 3 atom stereocenters. The molecule has 1 saturated carbocycles. The van der Waals surface area contributed by atoms with Crippen LogP contribution in [0.4, 0.5) is 0 Å². The Morgan fingerprint density at radius 1 is 1.27 bits per heavy atom. The minimum Gasteiger partial charge on any atom is -0.316 e. The smallest absolute Gasteiger partial charge is 0.0350 e. The standard InChI is InChI=1S/C12H23NOS/c1-2-10-4-3-5-12(6-10)15(14)9-11-7-13-8-11/h10-13H,2-9H2,1H3. The Hall–Kier alpha value is 0.110. The van der Waals surface area contributed by atoms with Gasteiger partial charge in [-0.25, -0.2) is 0 Å². The third-order valence-corrected chi connectivity index (χ3v) is 5.92. The first kappa shape index (κ1) is 11.6. The van der Waals surface area contributed by atoms with Crippen LogP contribution in [0.5, 0.6) is 0 Å². The van der Waals surface area contributed by atoms with Crippen molar-refractivity contribution in [2.75, 3.05) is 18.8 Å². The first-order valence-electron chi connectivity index (χ1n) is 6.37. The second kappa shape index (κ2) is 5.44. The van der Waals surface area contributed by atoms with Gasteiger partial charge >= 0.3 is 0 Å². The molecule has 1 aliphatic carbocycles. The zero-order chi connectivity index (χ0) is 10.7.